The minimum Gasteiger partial charge on any atom is -0.496 e. The van der Waals surface area contributed by atoms with Crippen LogP contribution in [0.3, 0.4) is 0 Å². The van der Waals surface area contributed by atoms with E-state index in [1.807, 2.05) is 18.2 Å². The van der Waals surface area contributed by atoms with E-state index in [4.69, 9.17) is 4.74 Å². The highest BCUT2D eigenvalue weighted by Gasteiger charge is 2.42. The lowest BCUT2D eigenvalue weighted by Gasteiger charge is -2.38. The lowest BCUT2D eigenvalue weighted by atomic mass is 9.66. The van der Waals surface area contributed by atoms with Gasteiger partial charge in [-0.2, -0.15) is 5.26 Å². The second-order valence-electron chi connectivity index (χ2n) is 5.77. The molecule has 0 saturated heterocycles. The summed E-state index contributed by atoms with van der Waals surface area (Å²) in [5.41, 5.74) is 0.111. The molecule has 0 spiro atoms. The van der Waals surface area contributed by atoms with Gasteiger partial charge in [0.05, 0.1) is 29.2 Å². The van der Waals surface area contributed by atoms with Gasteiger partial charge in [-0.1, -0.05) is 25.8 Å². The van der Waals surface area contributed by atoms with Gasteiger partial charge in [0.25, 0.3) is 0 Å². The number of benzene rings is 1. The maximum absolute atomic E-state index is 10.7. The van der Waals surface area contributed by atoms with Crippen LogP contribution in [0.5, 0.6) is 5.75 Å². The van der Waals surface area contributed by atoms with Gasteiger partial charge in [-0.15, -0.1) is 0 Å². The summed E-state index contributed by atoms with van der Waals surface area (Å²) < 4.78 is 6.00. The van der Waals surface area contributed by atoms with E-state index in [2.05, 4.69) is 28.9 Å². The first-order valence-corrected chi connectivity index (χ1v) is 7.74. The first-order valence-electron chi connectivity index (χ1n) is 6.95. The molecule has 1 N–H and O–H groups in total. The van der Waals surface area contributed by atoms with Gasteiger partial charge in [-0.3, -0.25) is 0 Å². The number of nitriles is 1. The Bertz CT molecular complexity index is 526. The van der Waals surface area contributed by atoms with Crippen LogP contribution in [0.1, 0.15) is 44.3 Å². The number of ether oxygens (including phenoxy) is 1. The highest BCUT2D eigenvalue weighted by atomic mass is 79.9. The molecule has 1 aromatic rings. The van der Waals surface area contributed by atoms with Gasteiger partial charge in [0.15, 0.2) is 0 Å². The third kappa shape index (κ3) is 2.84. The highest BCUT2D eigenvalue weighted by Crippen LogP contribution is 2.48. The first kappa shape index (κ1) is 15.3. The van der Waals surface area contributed by atoms with Gasteiger partial charge in [-0.25, -0.2) is 0 Å². The van der Waals surface area contributed by atoms with Gasteiger partial charge in [0.2, 0.25) is 0 Å². The lowest BCUT2D eigenvalue weighted by Crippen LogP contribution is -2.32. The van der Waals surface area contributed by atoms with Crippen molar-refractivity contribution >= 4 is 15.9 Å². The van der Waals surface area contributed by atoms with Crippen molar-refractivity contribution in [2.24, 2.45) is 11.3 Å². The summed E-state index contributed by atoms with van der Waals surface area (Å²) >= 11 is 3.43. The van der Waals surface area contributed by atoms with Crippen LogP contribution in [0.2, 0.25) is 0 Å². The van der Waals surface area contributed by atoms with Gasteiger partial charge in [-0.05, 0) is 52.4 Å². The van der Waals surface area contributed by atoms with Crippen LogP contribution in [0.4, 0.5) is 0 Å². The second-order valence-corrected chi connectivity index (χ2v) is 6.62. The maximum atomic E-state index is 10.7. The topological polar surface area (TPSA) is 53.2 Å². The quantitative estimate of drug-likeness (QED) is 0.898. The molecule has 1 aliphatic carbocycles. The minimum absolute atomic E-state index is 0.486. The molecule has 1 fully saturated rings. The monoisotopic (exact) mass is 337 g/mol. The Hall–Kier alpha value is -1.05. The summed E-state index contributed by atoms with van der Waals surface area (Å²) in [6.07, 6.45) is 2.91. The summed E-state index contributed by atoms with van der Waals surface area (Å²) in [7, 11) is 1.61. The standard InChI is InChI=1S/C16H20BrNO2/c1-11-4-3-7-16(9-11,10-18)15(19)12-5-6-14(20-2)13(17)8-12/h5-6,8,11,15,19H,3-4,7,9H2,1-2H3. The zero-order valence-corrected chi connectivity index (χ0v) is 13.5. The SMILES string of the molecule is COc1ccc(C(O)C2(C#N)CCCC(C)C2)cc1Br. The van der Waals surface area contributed by atoms with Crippen LogP contribution in [0.25, 0.3) is 0 Å². The predicted octanol–water partition coefficient (Wildman–Crippen LogP) is 4.21. The molecular formula is C16H20BrNO2. The molecule has 3 atom stereocenters. The van der Waals surface area contributed by atoms with Crippen molar-refractivity contribution < 1.29 is 9.84 Å². The van der Waals surface area contributed by atoms with Crippen molar-refractivity contribution in [3.8, 4) is 11.8 Å². The summed E-state index contributed by atoms with van der Waals surface area (Å²) in [6, 6.07) is 7.91. The van der Waals surface area contributed by atoms with Crippen LogP contribution in [0, 0.1) is 22.7 Å². The molecule has 0 amide bonds. The second kappa shape index (κ2) is 6.15. The number of methoxy groups -OCH3 is 1. The maximum Gasteiger partial charge on any atom is 0.133 e. The smallest absolute Gasteiger partial charge is 0.133 e. The third-order valence-corrected chi connectivity index (χ3v) is 4.89. The van der Waals surface area contributed by atoms with E-state index in [9.17, 15) is 10.4 Å². The Morgan fingerprint density at radius 2 is 2.30 bits per heavy atom. The van der Waals surface area contributed by atoms with Crippen molar-refractivity contribution in [2.45, 2.75) is 38.7 Å². The number of aliphatic hydroxyl groups is 1. The molecule has 0 aromatic heterocycles. The van der Waals surface area contributed by atoms with Crippen LogP contribution in [-0.2, 0) is 0 Å². The molecule has 1 aromatic carbocycles. The van der Waals surface area contributed by atoms with Crippen LogP contribution >= 0.6 is 15.9 Å². The predicted molar refractivity (Wildman–Crippen MR) is 81.3 cm³/mol. The van der Waals surface area contributed by atoms with Crippen LogP contribution in [0.15, 0.2) is 22.7 Å². The summed E-state index contributed by atoms with van der Waals surface area (Å²) in [5.74, 6) is 1.21. The highest BCUT2D eigenvalue weighted by molar-refractivity contribution is 9.10. The zero-order valence-electron chi connectivity index (χ0n) is 11.9. The lowest BCUT2D eigenvalue weighted by molar-refractivity contribution is 0.0219. The Balaban J connectivity index is 2.31. The molecule has 1 saturated carbocycles. The fraction of sp³-hybridized carbons (Fsp3) is 0.562. The van der Waals surface area contributed by atoms with E-state index in [0.29, 0.717) is 5.92 Å². The van der Waals surface area contributed by atoms with Crippen molar-refractivity contribution in [3.05, 3.63) is 28.2 Å². The molecule has 1 aliphatic rings. The number of aliphatic hydroxyl groups excluding tert-OH is 1. The molecule has 0 heterocycles. The average Bonchev–Trinajstić information content (AvgIpc) is 2.46. The molecule has 2 rings (SSSR count). The van der Waals surface area contributed by atoms with Crippen molar-refractivity contribution in [1.29, 1.82) is 5.26 Å². The van der Waals surface area contributed by atoms with Crippen molar-refractivity contribution in [2.75, 3.05) is 7.11 Å². The number of nitrogens with zero attached hydrogens (tertiary/aromatic N) is 1. The third-order valence-electron chi connectivity index (χ3n) is 4.27. The normalized spacial score (nSPS) is 27.6. The Labute approximate surface area is 128 Å². The number of halogens is 1. The van der Waals surface area contributed by atoms with E-state index in [1.54, 1.807) is 7.11 Å². The summed E-state index contributed by atoms with van der Waals surface area (Å²) in [4.78, 5) is 0. The number of hydrogen-bond acceptors (Lipinski definition) is 3. The molecule has 0 bridgehead atoms. The fourth-order valence-electron chi connectivity index (χ4n) is 3.17. The van der Waals surface area contributed by atoms with E-state index in [1.165, 1.54) is 0 Å². The number of hydrogen-bond donors (Lipinski definition) is 1. The summed E-state index contributed by atoms with van der Waals surface area (Å²) in [6.45, 7) is 2.15. The molecule has 20 heavy (non-hydrogen) atoms. The van der Waals surface area contributed by atoms with Crippen molar-refractivity contribution in [3.63, 3.8) is 0 Å². The Morgan fingerprint density at radius 3 is 2.85 bits per heavy atom. The molecule has 0 aliphatic heterocycles. The first-order chi connectivity index (χ1) is 9.52. The van der Waals surface area contributed by atoms with Gasteiger partial charge in [0.1, 0.15) is 5.75 Å². The van der Waals surface area contributed by atoms with E-state index in [0.717, 1.165) is 41.5 Å². The minimum atomic E-state index is -0.752. The van der Waals surface area contributed by atoms with E-state index in [-0.39, 0.29) is 0 Å². The van der Waals surface area contributed by atoms with Crippen molar-refractivity contribution in [1.82, 2.24) is 0 Å². The van der Waals surface area contributed by atoms with Crippen LogP contribution in [-0.4, -0.2) is 12.2 Å². The molecule has 3 unspecified atom stereocenters. The van der Waals surface area contributed by atoms with Crippen LogP contribution < -0.4 is 4.74 Å². The molecular weight excluding hydrogens is 318 g/mol. The average molecular weight is 338 g/mol. The van der Waals surface area contributed by atoms with Gasteiger partial charge >= 0.3 is 0 Å². The zero-order chi connectivity index (χ0) is 14.8. The molecule has 3 nitrogen and oxygen atoms in total. The fourth-order valence-corrected chi connectivity index (χ4v) is 3.73. The molecule has 108 valence electrons. The Kier molecular flexibility index (Phi) is 4.72. The van der Waals surface area contributed by atoms with E-state index < -0.39 is 11.5 Å². The molecule has 4 heteroatoms. The largest absolute Gasteiger partial charge is 0.496 e. The van der Waals surface area contributed by atoms with Gasteiger partial charge < -0.3 is 9.84 Å². The summed E-state index contributed by atoms with van der Waals surface area (Å²) in [5, 5.41) is 20.3. The van der Waals surface area contributed by atoms with E-state index >= 15 is 0 Å². The Morgan fingerprint density at radius 1 is 1.55 bits per heavy atom. The van der Waals surface area contributed by atoms with Gasteiger partial charge in [0, 0.05) is 0 Å². The molecule has 0 radical (unpaired) electrons. The number of rotatable bonds is 3.